The average molecular weight is 540 g/mol. The number of benzene rings is 1. The largest absolute Gasteiger partial charge is 0.444 e. The molecule has 1 aromatic carbocycles. The van der Waals surface area contributed by atoms with E-state index < -0.39 is 21.5 Å². The molecule has 8 nitrogen and oxygen atoms in total. The lowest BCUT2D eigenvalue weighted by atomic mass is 10.2. The molecule has 0 spiro atoms. The van der Waals surface area contributed by atoms with E-state index in [1.807, 2.05) is 20.8 Å². The van der Waals surface area contributed by atoms with Crippen molar-refractivity contribution in [1.29, 1.82) is 0 Å². The molecule has 0 atom stereocenters. The SMILES string of the molecule is CN=C(NCCCNC(=O)OC(C)(C)C)NCCCS(=O)(=O)c1ccccc1.I. The summed E-state index contributed by atoms with van der Waals surface area (Å²) in [7, 11) is -1.62. The normalized spacial score (nSPS) is 11.9. The number of rotatable bonds is 9. The highest BCUT2D eigenvalue weighted by atomic mass is 127. The molecule has 10 heteroatoms. The van der Waals surface area contributed by atoms with Gasteiger partial charge in [-0.25, -0.2) is 13.2 Å². The number of ether oxygens (including phenoxy) is 1. The molecule has 3 N–H and O–H groups in total. The van der Waals surface area contributed by atoms with Crippen molar-refractivity contribution >= 4 is 45.9 Å². The predicted octanol–water partition coefficient (Wildman–Crippen LogP) is 2.55. The highest BCUT2D eigenvalue weighted by molar-refractivity contribution is 14.0. The van der Waals surface area contributed by atoms with Crippen LogP contribution in [0.4, 0.5) is 4.79 Å². The Morgan fingerprint density at radius 2 is 1.55 bits per heavy atom. The van der Waals surface area contributed by atoms with Crippen LogP contribution in [0.1, 0.15) is 33.6 Å². The van der Waals surface area contributed by atoms with Crippen molar-refractivity contribution in [1.82, 2.24) is 16.0 Å². The minimum absolute atomic E-state index is 0. The number of carbonyl (C=O) groups is 1. The summed E-state index contributed by atoms with van der Waals surface area (Å²) >= 11 is 0. The van der Waals surface area contributed by atoms with Crippen LogP contribution in [0.3, 0.4) is 0 Å². The van der Waals surface area contributed by atoms with E-state index in [0.717, 1.165) is 0 Å². The fourth-order valence-electron chi connectivity index (χ4n) is 2.24. The molecule has 29 heavy (non-hydrogen) atoms. The van der Waals surface area contributed by atoms with Crippen LogP contribution < -0.4 is 16.0 Å². The zero-order valence-corrected chi connectivity index (χ0v) is 20.7. The number of hydrogen-bond acceptors (Lipinski definition) is 5. The third-order valence-corrected chi connectivity index (χ3v) is 5.34. The van der Waals surface area contributed by atoms with E-state index in [1.165, 1.54) is 0 Å². The van der Waals surface area contributed by atoms with Gasteiger partial charge in [-0.1, -0.05) is 18.2 Å². The second-order valence-electron chi connectivity index (χ2n) is 7.19. The van der Waals surface area contributed by atoms with Crippen molar-refractivity contribution in [3.63, 3.8) is 0 Å². The third-order valence-electron chi connectivity index (χ3n) is 3.52. The number of nitrogens with zero attached hydrogens (tertiary/aromatic N) is 1. The predicted molar refractivity (Wildman–Crippen MR) is 127 cm³/mol. The lowest BCUT2D eigenvalue weighted by molar-refractivity contribution is 0.0527. The summed E-state index contributed by atoms with van der Waals surface area (Å²) in [6.07, 6.45) is 0.732. The maximum Gasteiger partial charge on any atom is 0.407 e. The smallest absolute Gasteiger partial charge is 0.407 e. The number of halogens is 1. The Balaban J connectivity index is 0.00000784. The summed E-state index contributed by atoms with van der Waals surface area (Å²) in [5.41, 5.74) is -0.512. The van der Waals surface area contributed by atoms with Crippen molar-refractivity contribution in [2.45, 2.75) is 44.1 Å². The lowest BCUT2D eigenvalue weighted by Gasteiger charge is -2.19. The van der Waals surface area contributed by atoms with Gasteiger partial charge in [-0.2, -0.15) is 0 Å². The summed E-state index contributed by atoms with van der Waals surface area (Å²) in [6, 6.07) is 8.44. The van der Waals surface area contributed by atoms with E-state index in [-0.39, 0.29) is 29.7 Å². The molecule has 0 aliphatic rings. The number of carbonyl (C=O) groups excluding carboxylic acids is 1. The van der Waals surface area contributed by atoms with Gasteiger partial charge in [-0.3, -0.25) is 4.99 Å². The molecular formula is C19H33IN4O4S. The Morgan fingerprint density at radius 3 is 2.10 bits per heavy atom. The summed E-state index contributed by atoms with van der Waals surface area (Å²) in [4.78, 5) is 16.0. The van der Waals surface area contributed by atoms with Crippen LogP contribution in [0.15, 0.2) is 40.2 Å². The van der Waals surface area contributed by atoms with Crippen molar-refractivity contribution in [3.05, 3.63) is 30.3 Å². The number of aliphatic imine (C=N–C) groups is 1. The van der Waals surface area contributed by atoms with E-state index in [4.69, 9.17) is 4.74 Å². The van der Waals surface area contributed by atoms with Crippen LogP contribution in [0, 0.1) is 0 Å². The van der Waals surface area contributed by atoms with Crippen LogP contribution in [0.2, 0.25) is 0 Å². The van der Waals surface area contributed by atoms with Crippen molar-refractivity contribution in [2.75, 3.05) is 32.4 Å². The Bertz CT molecular complexity index is 734. The number of amides is 1. The van der Waals surface area contributed by atoms with Crippen LogP contribution in [0.25, 0.3) is 0 Å². The van der Waals surface area contributed by atoms with Gasteiger partial charge in [0.05, 0.1) is 10.6 Å². The fourth-order valence-corrected chi connectivity index (χ4v) is 3.57. The van der Waals surface area contributed by atoms with Gasteiger partial charge in [-0.05, 0) is 45.7 Å². The molecule has 1 amide bonds. The molecule has 0 saturated heterocycles. The van der Waals surface area contributed by atoms with E-state index in [0.29, 0.717) is 43.3 Å². The van der Waals surface area contributed by atoms with Crippen molar-refractivity contribution in [2.24, 2.45) is 4.99 Å². The van der Waals surface area contributed by atoms with E-state index in [1.54, 1.807) is 37.4 Å². The third kappa shape index (κ3) is 12.6. The second kappa shape index (κ2) is 13.6. The van der Waals surface area contributed by atoms with Crippen molar-refractivity contribution < 1.29 is 17.9 Å². The summed E-state index contributed by atoms with van der Waals surface area (Å²) in [5, 5.41) is 8.89. The molecule has 0 bridgehead atoms. The number of guanidine groups is 1. The monoisotopic (exact) mass is 540 g/mol. The van der Waals surface area contributed by atoms with Gasteiger partial charge in [0.25, 0.3) is 0 Å². The van der Waals surface area contributed by atoms with Gasteiger partial charge < -0.3 is 20.7 Å². The first-order valence-corrected chi connectivity index (χ1v) is 11.0. The minimum Gasteiger partial charge on any atom is -0.444 e. The number of hydrogen-bond donors (Lipinski definition) is 3. The van der Waals surface area contributed by atoms with Gasteiger partial charge in [0.1, 0.15) is 5.60 Å². The fraction of sp³-hybridized carbons (Fsp3) is 0.579. The molecule has 0 unspecified atom stereocenters. The molecule has 0 radical (unpaired) electrons. The molecule has 0 fully saturated rings. The van der Waals surface area contributed by atoms with Crippen LogP contribution in [-0.4, -0.2) is 58.5 Å². The Hall–Kier alpha value is -1.56. The van der Waals surface area contributed by atoms with E-state index >= 15 is 0 Å². The topological polar surface area (TPSA) is 109 Å². The zero-order valence-electron chi connectivity index (χ0n) is 17.5. The lowest BCUT2D eigenvalue weighted by Crippen LogP contribution is -2.40. The average Bonchev–Trinajstić information content (AvgIpc) is 2.62. The molecule has 1 rings (SSSR count). The minimum atomic E-state index is -3.26. The van der Waals surface area contributed by atoms with Gasteiger partial charge in [0.2, 0.25) is 0 Å². The van der Waals surface area contributed by atoms with Gasteiger partial charge in [0, 0.05) is 26.7 Å². The highest BCUT2D eigenvalue weighted by Gasteiger charge is 2.15. The Kier molecular flexibility index (Phi) is 12.9. The molecule has 0 aliphatic carbocycles. The van der Waals surface area contributed by atoms with Crippen molar-refractivity contribution in [3.8, 4) is 0 Å². The van der Waals surface area contributed by atoms with Gasteiger partial charge >= 0.3 is 6.09 Å². The van der Waals surface area contributed by atoms with Crippen LogP contribution in [0.5, 0.6) is 0 Å². The van der Waals surface area contributed by atoms with Crippen LogP contribution in [-0.2, 0) is 14.6 Å². The maximum atomic E-state index is 12.2. The number of sulfone groups is 1. The van der Waals surface area contributed by atoms with Gasteiger partial charge in [0.15, 0.2) is 15.8 Å². The highest BCUT2D eigenvalue weighted by Crippen LogP contribution is 2.10. The van der Waals surface area contributed by atoms with E-state index in [9.17, 15) is 13.2 Å². The number of alkyl carbamates (subject to hydrolysis) is 1. The van der Waals surface area contributed by atoms with E-state index in [2.05, 4.69) is 20.9 Å². The molecule has 166 valence electrons. The Labute approximate surface area is 191 Å². The summed E-state index contributed by atoms with van der Waals surface area (Å²) in [6.45, 7) is 7.02. The molecule has 0 aliphatic heterocycles. The molecule has 1 aromatic rings. The summed E-state index contributed by atoms with van der Waals surface area (Å²) < 4.78 is 29.6. The molecule has 0 saturated carbocycles. The Morgan fingerprint density at radius 1 is 1.00 bits per heavy atom. The first-order valence-electron chi connectivity index (χ1n) is 9.33. The standard InChI is InChI=1S/C19H32N4O4S.HI/c1-19(2,3)27-18(24)23-13-8-12-21-17(20-4)22-14-9-15-28(25,26)16-10-6-5-7-11-16;/h5-7,10-11H,8-9,12-15H2,1-4H3,(H,23,24)(H2,20,21,22);1H. The molecule has 0 heterocycles. The van der Waals surface area contributed by atoms with Gasteiger partial charge in [-0.15, -0.1) is 24.0 Å². The number of nitrogens with one attached hydrogen (secondary N) is 3. The first-order chi connectivity index (χ1) is 13.1. The molecule has 0 aromatic heterocycles. The first kappa shape index (κ1) is 27.4. The second-order valence-corrected chi connectivity index (χ2v) is 9.30. The maximum absolute atomic E-state index is 12.2. The van der Waals surface area contributed by atoms with Crippen LogP contribution >= 0.6 is 24.0 Å². The quantitative estimate of drug-likeness (QED) is 0.192. The summed E-state index contributed by atoms with van der Waals surface area (Å²) in [5.74, 6) is 0.662. The zero-order chi connectivity index (χ0) is 21.0. The molecular weight excluding hydrogens is 507 g/mol.